The topological polar surface area (TPSA) is 46.3 Å². The fourth-order valence-electron chi connectivity index (χ4n) is 2.16. The summed E-state index contributed by atoms with van der Waals surface area (Å²) in [4.78, 5) is 14.1. The zero-order chi connectivity index (χ0) is 12.6. The molecule has 92 valence electrons. The van der Waals surface area contributed by atoms with Crippen LogP contribution in [0.15, 0.2) is 18.2 Å². The maximum Gasteiger partial charge on any atom is 0.255 e. The lowest BCUT2D eigenvalue weighted by molar-refractivity contribution is 0.0778. The first-order valence-electron chi connectivity index (χ1n) is 5.73. The number of nitrogen functional groups attached to an aromatic ring is 1. The Labute approximate surface area is 107 Å². The van der Waals surface area contributed by atoms with Gasteiger partial charge in [0.05, 0.1) is 10.6 Å². The number of halogens is 1. The van der Waals surface area contributed by atoms with E-state index >= 15 is 0 Å². The molecule has 0 aliphatic carbocycles. The van der Waals surface area contributed by atoms with Crippen LogP contribution < -0.4 is 5.73 Å². The molecule has 0 atom stereocenters. The van der Waals surface area contributed by atoms with E-state index in [9.17, 15) is 4.79 Å². The van der Waals surface area contributed by atoms with Gasteiger partial charge in [-0.1, -0.05) is 25.4 Å². The molecule has 3 nitrogen and oxygen atoms in total. The number of nitrogens with two attached hydrogens (primary N) is 1. The minimum absolute atomic E-state index is 0.0205. The molecule has 1 aliphatic heterocycles. The van der Waals surface area contributed by atoms with Crippen LogP contribution in [0.4, 0.5) is 5.69 Å². The minimum atomic E-state index is -0.0205. The Morgan fingerprint density at radius 1 is 1.47 bits per heavy atom. The molecular weight excluding hydrogens is 236 g/mol. The fourth-order valence-corrected chi connectivity index (χ4v) is 2.36. The van der Waals surface area contributed by atoms with E-state index in [2.05, 4.69) is 13.8 Å². The highest BCUT2D eigenvalue weighted by Gasteiger charge is 2.32. The highest BCUT2D eigenvalue weighted by molar-refractivity contribution is 6.34. The standard InChI is InChI=1S/C13H17ClN2O/c1-13(2)5-6-16(8-13)12(17)10-7-9(15)3-4-11(10)14/h3-4,7H,5-6,8,15H2,1-2H3. The summed E-state index contributed by atoms with van der Waals surface area (Å²) < 4.78 is 0. The smallest absolute Gasteiger partial charge is 0.255 e. The van der Waals surface area contributed by atoms with Crippen molar-refractivity contribution in [3.8, 4) is 0 Å². The van der Waals surface area contributed by atoms with Crippen LogP contribution in [-0.4, -0.2) is 23.9 Å². The van der Waals surface area contributed by atoms with E-state index in [0.29, 0.717) is 16.3 Å². The van der Waals surface area contributed by atoms with E-state index in [-0.39, 0.29) is 11.3 Å². The molecule has 4 heteroatoms. The third-order valence-electron chi connectivity index (χ3n) is 3.19. The zero-order valence-corrected chi connectivity index (χ0v) is 10.9. The van der Waals surface area contributed by atoms with Gasteiger partial charge in [-0.3, -0.25) is 4.79 Å². The molecule has 0 saturated carbocycles. The van der Waals surface area contributed by atoms with Crippen LogP contribution in [0.1, 0.15) is 30.6 Å². The summed E-state index contributed by atoms with van der Waals surface area (Å²) in [7, 11) is 0. The lowest BCUT2D eigenvalue weighted by Gasteiger charge is -2.20. The van der Waals surface area contributed by atoms with Crippen LogP contribution >= 0.6 is 11.6 Å². The monoisotopic (exact) mass is 252 g/mol. The number of nitrogens with zero attached hydrogens (tertiary/aromatic N) is 1. The van der Waals surface area contributed by atoms with Crippen LogP contribution in [-0.2, 0) is 0 Å². The van der Waals surface area contributed by atoms with Gasteiger partial charge in [-0.05, 0) is 30.0 Å². The Kier molecular flexibility index (Phi) is 3.04. The van der Waals surface area contributed by atoms with Crippen LogP contribution in [0.5, 0.6) is 0 Å². The first kappa shape index (κ1) is 12.2. The number of rotatable bonds is 1. The molecule has 1 heterocycles. The van der Waals surface area contributed by atoms with Gasteiger partial charge in [0.2, 0.25) is 0 Å². The number of carbonyl (C=O) groups is 1. The number of hydrogen-bond acceptors (Lipinski definition) is 2. The van der Waals surface area contributed by atoms with Crippen LogP contribution in [0.25, 0.3) is 0 Å². The summed E-state index contributed by atoms with van der Waals surface area (Å²) in [5.74, 6) is -0.0205. The van der Waals surface area contributed by atoms with E-state index < -0.39 is 0 Å². The molecule has 0 unspecified atom stereocenters. The van der Waals surface area contributed by atoms with Crippen molar-refractivity contribution >= 4 is 23.2 Å². The molecule has 0 spiro atoms. The molecule has 1 amide bonds. The van der Waals surface area contributed by atoms with Crippen molar-refractivity contribution in [2.24, 2.45) is 5.41 Å². The van der Waals surface area contributed by atoms with Crippen LogP contribution in [0, 0.1) is 5.41 Å². The predicted octanol–water partition coefficient (Wildman–Crippen LogP) is 2.79. The zero-order valence-electron chi connectivity index (χ0n) is 10.2. The summed E-state index contributed by atoms with van der Waals surface area (Å²) in [6, 6.07) is 5.02. The molecule has 1 aromatic carbocycles. The van der Waals surface area contributed by atoms with Crippen molar-refractivity contribution in [1.82, 2.24) is 4.90 Å². The summed E-state index contributed by atoms with van der Waals surface area (Å²) in [6.45, 7) is 5.90. The lowest BCUT2D eigenvalue weighted by atomic mass is 9.93. The van der Waals surface area contributed by atoms with Gasteiger partial charge in [-0.25, -0.2) is 0 Å². The molecule has 0 aromatic heterocycles. The van der Waals surface area contributed by atoms with Crippen molar-refractivity contribution in [2.45, 2.75) is 20.3 Å². The minimum Gasteiger partial charge on any atom is -0.399 e. The van der Waals surface area contributed by atoms with Crippen LogP contribution in [0.3, 0.4) is 0 Å². The first-order valence-corrected chi connectivity index (χ1v) is 6.11. The van der Waals surface area contributed by atoms with Gasteiger partial charge in [0.25, 0.3) is 5.91 Å². The van der Waals surface area contributed by atoms with Crippen molar-refractivity contribution in [3.63, 3.8) is 0 Å². The Morgan fingerprint density at radius 2 is 2.18 bits per heavy atom. The summed E-state index contributed by atoms with van der Waals surface area (Å²) >= 11 is 6.04. The molecule has 1 aliphatic rings. The predicted molar refractivity (Wildman–Crippen MR) is 70.2 cm³/mol. The van der Waals surface area contributed by atoms with Crippen molar-refractivity contribution in [2.75, 3.05) is 18.8 Å². The molecule has 0 radical (unpaired) electrons. The number of hydrogen-bond donors (Lipinski definition) is 1. The Hall–Kier alpha value is -1.22. The third kappa shape index (κ3) is 2.55. The van der Waals surface area contributed by atoms with Gasteiger partial charge in [0.15, 0.2) is 0 Å². The summed E-state index contributed by atoms with van der Waals surface area (Å²) in [6.07, 6.45) is 1.03. The Morgan fingerprint density at radius 3 is 2.76 bits per heavy atom. The molecule has 0 bridgehead atoms. The number of benzene rings is 1. The second-order valence-corrected chi connectivity index (χ2v) is 5.79. The molecule has 1 aromatic rings. The van der Waals surface area contributed by atoms with E-state index in [1.165, 1.54) is 0 Å². The van der Waals surface area contributed by atoms with E-state index in [1.54, 1.807) is 18.2 Å². The normalized spacial score (nSPS) is 18.4. The molecule has 1 saturated heterocycles. The van der Waals surface area contributed by atoms with Crippen LogP contribution in [0.2, 0.25) is 5.02 Å². The summed E-state index contributed by atoms with van der Waals surface area (Å²) in [5, 5.41) is 0.467. The second kappa shape index (κ2) is 4.22. The number of amides is 1. The number of likely N-dealkylation sites (tertiary alicyclic amines) is 1. The van der Waals surface area contributed by atoms with E-state index in [4.69, 9.17) is 17.3 Å². The SMILES string of the molecule is CC1(C)CCN(C(=O)c2cc(N)ccc2Cl)C1. The maximum atomic E-state index is 12.3. The maximum absolute atomic E-state index is 12.3. The quantitative estimate of drug-likeness (QED) is 0.782. The van der Waals surface area contributed by atoms with Gasteiger partial charge in [-0.15, -0.1) is 0 Å². The average Bonchev–Trinajstić information content (AvgIpc) is 2.61. The molecule has 17 heavy (non-hydrogen) atoms. The summed E-state index contributed by atoms with van der Waals surface area (Å²) in [5.41, 5.74) is 6.95. The highest BCUT2D eigenvalue weighted by atomic mass is 35.5. The largest absolute Gasteiger partial charge is 0.399 e. The first-order chi connectivity index (χ1) is 7.89. The molecule has 2 N–H and O–H groups in total. The third-order valence-corrected chi connectivity index (χ3v) is 3.52. The van der Waals surface area contributed by atoms with Crippen molar-refractivity contribution in [3.05, 3.63) is 28.8 Å². The Balaban J connectivity index is 2.23. The number of carbonyl (C=O) groups excluding carboxylic acids is 1. The van der Waals surface area contributed by atoms with Gasteiger partial charge in [0.1, 0.15) is 0 Å². The average molecular weight is 253 g/mol. The highest BCUT2D eigenvalue weighted by Crippen LogP contribution is 2.31. The van der Waals surface area contributed by atoms with Crippen molar-refractivity contribution < 1.29 is 4.79 Å². The molecule has 2 rings (SSSR count). The number of anilines is 1. The van der Waals surface area contributed by atoms with Gasteiger partial charge >= 0.3 is 0 Å². The van der Waals surface area contributed by atoms with Crippen molar-refractivity contribution in [1.29, 1.82) is 0 Å². The van der Waals surface area contributed by atoms with E-state index in [0.717, 1.165) is 19.5 Å². The van der Waals surface area contributed by atoms with Gasteiger partial charge < -0.3 is 10.6 Å². The fraction of sp³-hybridized carbons (Fsp3) is 0.462. The van der Waals surface area contributed by atoms with Gasteiger partial charge in [-0.2, -0.15) is 0 Å². The second-order valence-electron chi connectivity index (χ2n) is 5.38. The molecular formula is C13H17ClN2O. The van der Waals surface area contributed by atoms with Gasteiger partial charge in [0, 0.05) is 18.8 Å². The molecule has 1 fully saturated rings. The van der Waals surface area contributed by atoms with E-state index in [1.807, 2.05) is 4.90 Å². The lowest BCUT2D eigenvalue weighted by Crippen LogP contribution is -2.30. The Bertz CT molecular complexity index is 457.